The summed E-state index contributed by atoms with van der Waals surface area (Å²) in [4.78, 5) is 1.42. The monoisotopic (exact) mass is 835 g/mol. The third kappa shape index (κ3) is 9.40. The van der Waals surface area contributed by atoms with Crippen molar-refractivity contribution in [2.75, 3.05) is 0 Å². The fourth-order valence-corrected chi connectivity index (χ4v) is 20.3. The van der Waals surface area contributed by atoms with Gasteiger partial charge >= 0.3 is 0 Å². The van der Waals surface area contributed by atoms with E-state index in [9.17, 15) is 0 Å². The van der Waals surface area contributed by atoms with Gasteiger partial charge in [-0.1, -0.05) is 161 Å². The van der Waals surface area contributed by atoms with E-state index in [-0.39, 0.29) is 0 Å². The van der Waals surface area contributed by atoms with Crippen LogP contribution >= 0.6 is 32.8 Å². The maximum Gasteiger partial charge on any atom is 0.256 e. The first-order valence-corrected chi connectivity index (χ1v) is 27.8. The van der Waals surface area contributed by atoms with Crippen LogP contribution in [0, 0.1) is 4.94 Å². The SMILES string of the molecule is CC(C)c1cc(C(C)C)c(P([S-])c2c([P+](=S)c3c(C(C)C)cc(C(C)C)cc3C(C)C)c2=[P+](S)c2c(C(C)C)cc(C(C)C)cc2C(C)C)c(C(C)C)c1. The summed E-state index contributed by atoms with van der Waals surface area (Å²) in [7, 11) is -1.08. The lowest BCUT2D eigenvalue weighted by Gasteiger charge is -2.31. The predicted octanol–water partition coefficient (Wildman–Crippen LogP) is 14.6. The van der Waals surface area contributed by atoms with Crippen molar-refractivity contribution >= 4 is 83.4 Å². The van der Waals surface area contributed by atoms with Crippen molar-refractivity contribution in [2.45, 2.75) is 178 Å². The molecule has 4 aromatic rings. The second kappa shape index (κ2) is 18.4. The van der Waals surface area contributed by atoms with E-state index in [1.807, 2.05) is 0 Å². The highest BCUT2D eigenvalue weighted by atomic mass is 32.7. The van der Waals surface area contributed by atoms with E-state index in [1.165, 1.54) is 81.5 Å². The Balaban J connectivity index is 2.23. The first-order valence-electron chi connectivity index (χ1n) is 20.6. The van der Waals surface area contributed by atoms with Crippen LogP contribution in [0.2, 0.25) is 0 Å². The quantitative estimate of drug-likeness (QED) is 0.0763. The van der Waals surface area contributed by atoms with Gasteiger partial charge in [0.05, 0.1) is 17.6 Å². The van der Waals surface area contributed by atoms with Crippen LogP contribution < -0.4 is 26.5 Å². The molecule has 0 saturated carbocycles. The molecule has 0 fully saturated rings. The first-order chi connectivity index (χ1) is 25.0. The molecule has 0 amide bonds. The zero-order chi connectivity index (χ0) is 40.8. The van der Waals surface area contributed by atoms with Crippen molar-refractivity contribution in [1.29, 1.82) is 0 Å². The Morgan fingerprint density at radius 3 is 0.981 bits per heavy atom. The Hall–Kier alpha value is -0.780. The summed E-state index contributed by atoms with van der Waals surface area (Å²) in [5, 5.41) is 7.09. The van der Waals surface area contributed by atoms with Gasteiger partial charge < -0.3 is 12.2 Å². The Bertz CT molecular complexity index is 1930. The van der Waals surface area contributed by atoms with Crippen LogP contribution in [0.5, 0.6) is 0 Å². The van der Waals surface area contributed by atoms with E-state index in [4.69, 9.17) is 36.3 Å². The number of benzene rings is 3. The van der Waals surface area contributed by atoms with E-state index >= 15 is 0 Å². The molecular formula is C48H70P3S3+. The van der Waals surface area contributed by atoms with Gasteiger partial charge in [0.25, 0.3) is 6.70 Å². The highest BCUT2D eigenvalue weighted by Gasteiger charge is 2.46. The number of thiol groups is 1. The molecule has 6 heteroatoms. The summed E-state index contributed by atoms with van der Waals surface area (Å²) in [5.41, 5.74) is 12.9. The molecule has 0 heterocycles. The zero-order valence-electron chi connectivity index (χ0n) is 36.8. The summed E-state index contributed by atoms with van der Waals surface area (Å²) in [6.45, 7) is 40.1. The topological polar surface area (TPSA) is 0 Å². The van der Waals surface area contributed by atoms with Crippen molar-refractivity contribution in [3.63, 3.8) is 0 Å². The molecule has 0 bridgehead atoms. The molecule has 0 spiro atoms. The Kier molecular flexibility index (Phi) is 15.7. The number of rotatable bonds is 14. The third-order valence-electron chi connectivity index (χ3n) is 11.2. The van der Waals surface area contributed by atoms with Crippen LogP contribution in [0.1, 0.15) is 228 Å². The van der Waals surface area contributed by atoms with Crippen molar-refractivity contribution in [3.8, 4) is 0 Å². The molecule has 4 rings (SSSR count). The maximum atomic E-state index is 6.98. The molecule has 0 aromatic heterocycles. The molecule has 0 aliphatic rings. The Labute approximate surface area is 350 Å². The van der Waals surface area contributed by atoms with Crippen LogP contribution in [0.15, 0.2) is 36.4 Å². The molecule has 3 unspecified atom stereocenters. The van der Waals surface area contributed by atoms with Gasteiger partial charge in [-0.15, -0.1) is 0 Å². The lowest BCUT2D eigenvalue weighted by molar-refractivity contribution is 0.813. The predicted molar refractivity (Wildman–Crippen MR) is 261 cm³/mol. The summed E-state index contributed by atoms with van der Waals surface area (Å²) < 4.78 is 0. The lowest BCUT2D eigenvalue weighted by atomic mass is 9.89. The van der Waals surface area contributed by atoms with Crippen molar-refractivity contribution in [1.82, 2.24) is 0 Å². The van der Waals surface area contributed by atoms with Gasteiger partial charge in [-0.25, -0.2) is 0 Å². The van der Waals surface area contributed by atoms with Gasteiger partial charge in [-0.05, 0) is 86.4 Å². The molecule has 3 atom stereocenters. The fourth-order valence-electron chi connectivity index (χ4n) is 7.55. The molecule has 0 saturated heterocycles. The van der Waals surface area contributed by atoms with Crippen LogP contribution in [0.3, 0.4) is 0 Å². The average Bonchev–Trinajstić information content (AvgIpc) is 3.84. The molecular weight excluding hydrogens is 766 g/mol. The molecule has 0 aliphatic heterocycles. The van der Waals surface area contributed by atoms with Crippen molar-refractivity contribution in [2.24, 2.45) is 0 Å². The van der Waals surface area contributed by atoms with Crippen molar-refractivity contribution < 1.29 is 0 Å². The maximum absolute atomic E-state index is 6.98. The van der Waals surface area contributed by atoms with E-state index in [0.717, 1.165) is 0 Å². The van der Waals surface area contributed by atoms with Gasteiger partial charge in [0, 0.05) is 22.3 Å². The minimum atomic E-state index is -1.08. The highest BCUT2D eigenvalue weighted by molar-refractivity contribution is 8.45. The Morgan fingerprint density at radius 2 is 0.704 bits per heavy atom. The molecule has 4 aromatic carbocycles. The van der Waals surface area contributed by atoms with E-state index in [1.54, 1.807) is 0 Å². The van der Waals surface area contributed by atoms with Crippen LogP contribution in [-0.4, -0.2) is 0 Å². The molecule has 0 N–H and O–H groups in total. The van der Waals surface area contributed by atoms with E-state index in [2.05, 4.69) is 161 Å². The van der Waals surface area contributed by atoms with E-state index < -0.39 is 20.6 Å². The van der Waals surface area contributed by atoms with Crippen LogP contribution in [-0.2, 0) is 24.1 Å². The van der Waals surface area contributed by atoms with E-state index in [0.29, 0.717) is 53.3 Å². The lowest BCUT2D eigenvalue weighted by Crippen LogP contribution is -2.22. The summed E-state index contributed by atoms with van der Waals surface area (Å²) in [5.74, 6) is 3.69. The zero-order valence-corrected chi connectivity index (χ0v) is 42.0. The van der Waals surface area contributed by atoms with Crippen LogP contribution in [0.25, 0.3) is 0 Å². The third-order valence-corrected chi connectivity index (χ3v) is 20.4. The normalized spacial score (nSPS) is 14.2. The largest absolute Gasteiger partial charge is 0.749 e. The highest BCUT2D eigenvalue weighted by Crippen LogP contribution is 2.50. The van der Waals surface area contributed by atoms with Gasteiger partial charge in [0.2, 0.25) is 17.0 Å². The molecule has 0 radical (unpaired) electrons. The second-order valence-electron chi connectivity index (χ2n) is 18.5. The first kappa shape index (κ1) is 45.9. The Morgan fingerprint density at radius 1 is 0.426 bits per heavy atom. The molecule has 54 heavy (non-hydrogen) atoms. The minimum Gasteiger partial charge on any atom is -0.749 e. The second-order valence-corrected chi connectivity index (χ2v) is 26.4. The molecule has 294 valence electrons. The van der Waals surface area contributed by atoms with Gasteiger partial charge in [-0.3, -0.25) is 0 Å². The van der Waals surface area contributed by atoms with Gasteiger partial charge in [0.1, 0.15) is 0 Å². The van der Waals surface area contributed by atoms with Crippen LogP contribution in [0.4, 0.5) is 0 Å². The summed E-state index contributed by atoms with van der Waals surface area (Å²) >= 11 is 19.7. The smallest absolute Gasteiger partial charge is 0.256 e. The van der Waals surface area contributed by atoms with Gasteiger partial charge in [-0.2, -0.15) is 7.12 Å². The average molecular weight is 836 g/mol. The van der Waals surface area contributed by atoms with Crippen molar-refractivity contribution in [3.05, 3.63) is 91.4 Å². The summed E-state index contributed by atoms with van der Waals surface area (Å²) in [6, 6.07) is 14.9. The summed E-state index contributed by atoms with van der Waals surface area (Å²) in [6.07, 6.45) is 0. The molecule has 0 nitrogen and oxygen atoms in total. The number of hydrogen-bond donors (Lipinski definition) is 1. The standard InChI is InChI=1S/C48H70P3S3/c1-25(2)34-19-37(28(7)8)43(38(20-34)29(9)10)49(52)46-47(50(53)44-39(30(11)12)21-35(26(3)4)22-40(44)31(13)14)48(46)51(54)45-41(32(15)16)23-36(27(5)6)24-42(45)33(17)18/h19-33H,1-18H3,(H-,52,53)/q+1. The molecule has 0 aliphatic carbocycles. The minimum absolute atomic E-state index is 0.380. The van der Waals surface area contributed by atoms with Gasteiger partial charge in [0.15, 0.2) is 22.4 Å². The number of hydrogen-bond acceptors (Lipinski definition) is 3. The fraction of sp³-hybridized carbons (Fsp3) is 0.562.